The van der Waals surface area contributed by atoms with Crippen LogP contribution in [0.4, 0.5) is 0 Å². The molecule has 1 aromatic heterocycles. The first-order valence-corrected chi connectivity index (χ1v) is 9.24. The minimum absolute atomic E-state index is 0.670. The number of carbonyl (C=O) groups excluding carboxylic acids is 1. The van der Waals surface area contributed by atoms with Crippen LogP contribution in [0, 0.1) is 0 Å². The zero-order valence-corrected chi connectivity index (χ0v) is 15.4. The van der Waals surface area contributed by atoms with Crippen LogP contribution >= 0.6 is 0 Å². The third kappa shape index (κ3) is 3.69. The first-order valence-electron chi connectivity index (χ1n) is 9.24. The Morgan fingerprint density at radius 2 is 1.32 bits per heavy atom. The number of hydrogen-bond acceptors (Lipinski definition) is 2. The molecule has 3 aromatic carbocycles. The molecule has 0 saturated carbocycles. The zero-order valence-electron chi connectivity index (χ0n) is 15.4. The van der Waals surface area contributed by atoms with E-state index in [1.54, 1.807) is 6.08 Å². The normalized spacial score (nSPS) is 11.0. The summed E-state index contributed by atoms with van der Waals surface area (Å²) in [7, 11) is 0. The molecule has 28 heavy (non-hydrogen) atoms. The van der Waals surface area contributed by atoms with Gasteiger partial charge in [-0.25, -0.2) is 4.98 Å². The van der Waals surface area contributed by atoms with Crippen molar-refractivity contribution in [3.8, 4) is 22.5 Å². The molecule has 3 heteroatoms. The van der Waals surface area contributed by atoms with Crippen molar-refractivity contribution in [1.29, 1.82) is 0 Å². The van der Waals surface area contributed by atoms with Crippen LogP contribution in [0.25, 0.3) is 28.6 Å². The summed E-state index contributed by atoms with van der Waals surface area (Å²) in [6, 6.07) is 30.7. The molecule has 4 aromatic rings. The minimum atomic E-state index is 0.670. The first kappa shape index (κ1) is 17.7. The van der Waals surface area contributed by atoms with Gasteiger partial charge >= 0.3 is 0 Å². The van der Waals surface area contributed by atoms with Crippen LogP contribution in [0.3, 0.4) is 0 Å². The standard InChI is InChI=1S/C25H20N2O/c28-18-10-17-23-26-24(21-13-6-2-7-14-21)25(22-15-8-3-9-16-22)27(23)19-20-11-4-1-5-12-20/h1-18H,19H2. The average molecular weight is 364 g/mol. The van der Waals surface area contributed by atoms with Gasteiger partial charge in [-0.1, -0.05) is 91.0 Å². The fourth-order valence-electron chi connectivity index (χ4n) is 3.33. The van der Waals surface area contributed by atoms with Crippen LogP contribution in [-0.4, -0.2) is 15.8 Å². The van der Waals surface area contributed by atoms with E-state index in [1.807, 2.05) is 54.6 Å². The summed E-state index contributed by atoms with van der Waals surface area (Å²) in [4.78, 5) is 15.9. The molecule has 4 rings (SSSR count). The van der Waals surface area contributed by atoms with Gasteiger partial charge in [0.2, 0.25) is 0 Å². The van der Waals surface area contributed by atoms with Crippen LogP contribution in [0.1, 0.15) is 11.4 Å². The number of nitrogens with zero attached hydrogens (tertiary/aromatic N) is 2. The largest absolute Gasteiger partial charge is 0.319 e. The topological polar surface area (TPSA) is 34.9 Å². The Labute approximate surface area is 164 Å². The van der Waals surface area contributed by atoms with Gasteiger partial charge in [0.05, 0.1) is 11.4 Å². The molecule has 0 aliphatic carbocycles. The highest BCUT2D eigenvalue weighted by molar-refractivity contribution is 5.81. The average Bonchev–Trinajstić information content (AvgIpc) is 3.12. The van der Waals surface area contributed by atoms with Crippen molar-refractivity contribution in [2.24, 2.45) is 0 Å². The van der Waals surface area contributed by atoms with Gasteiger partial charge in [0, 0.05) is 17.7 Å². The lowest BCUT2D eigenvalue weighted by Gasteiger charge is -2.12. The molecule has 3 nitrogen and oxygen atoms in total. The predicted octanol–water partition coefficient (Wildman–Crippen LogP) is 5.48. The maximum absolute atomic E-state index is 11.0. The lowest BCUT2D eigenvalue weighted by atomic mass is 10.0. The second-order valence-corrected chi connectivity index (χ2v) is 6.47. The maximum atomic E-state index is 11.0. The molecule has 0 aliphatic rings. The molecule has 0 atom stereocenters. The van der Waals surface area contributed by atoms with Gasteiger partial charge < -0.3 is 4.57 Å². The Morgan fingerprint density at radius 3 is 1.93 bits per heavy atom. The van der Waals surface area contributed by atoms with Gasteiger partial charge in [0.25, 0.3) is 0 Å². The van der Waals surface area contributed by atoms with E-state index >= 15 is 0 Å². The van der Waals surface area contributed by atoms with Crippen LogP contribution in [0.15, 0.2) is 97.1 Å². The summed E-state index contributed by atoms with van der Waals surface area (Å²) in [5.74, 6) is 0.758. The molecule has 0 radical (unpaired) electrons. The SMILES string of the molecule is O=CC=Cc1nc(-c2ccccc2)c(-c2ccccc2)n1Cc1ccccc1. The lowest BCUT2D eigenvalue weighted by molar-refractivity contribution is -0.104. The molecule has 0 fully saturated rings. The van der Waals surface area contributed by atoms with Gasteiger partial charge in [0.15, 0.2) is 0 Å². The molecule has 1 heterocycles. The molecule has 0 spiro atoms. The summed E-state index contributed by atoms with van der Waals surface area (Å²) in [6.45, 7) is 0.670. The molecule has 0 aliphatic heterocycles. The molecule has 0 unspecified atom stereocenters. The Balaban J connectivity index is 1.96. The summed E-state index contributed by atoms with van der Waals surface area (Å²) < 4.78 is 2.17. The van der Waals surface area contributed by atoms with E-state index in [9.17, 15) is 4.79 Å². The smallest absolute Gasteiger partial charge is 0.142 e. The molecule has 0 N–H and O–H groups in total. The van der Waals surface area contributed by atoms with Crippen LogP contribution in [0.2, 0.25) is 0 Å². The van der Waals surface area contributed by atoms with Gasteiger partial charge in [-0.3, -0.25) is 4.79 Å². The fourth-order valence-corrected chi connectivity index (χ4v) is 3.33. The molecule has 136 valence electrons. The van der Waals surface area contributed by atoms with Crippen molar-refractivity contribution in [3.63, 3.8) is 0 Å². The van der Waals surface area contributed by atoms with E-state index in [0.717, 1.165) is 34.6 Å². The second-order valence-electron chi connectivity index (χ2n) is 6.47. The lowest BCUT2D eigenvalue weighted by Crippen LogP contribution is -2.04. The van der Waals surface area contributed by atoms with Crippen molar-refractivity contribution in [2.45, 2.75) is 6.54 Å². The highest BCUT2D eigenvalue weighted by Crippen LogP contribution is 2.33. The van der Waals surface area contributed by atoms with E-state index in [-0.39, 0.29) is 0 Å². The van der Waals surface area contributed by atoms with Crippen LogP contribution in [0.5, 0.6) is 0 Å². The highest BCUT2D eigenvalue weighted by Gasteiger charge is 2.19. The van der Waals surface area contributed by atoms with E-state index in [4.69, 9.17) is 4.98 Å². The Hall–Kier alpha value is -3.72. The molecule has 0 amide bonds. The van der Waals surface area contributed by atoms with Crippen LogP contribution < -0.4 is 0 Å². The summed E-state index contributed by atoms with van der Waals surface area (Å²) in [5.41, 5.74) is 5.27. The van der Waals surface area contributed by atoms with Gasteiger partial charge in [-0.15, -0.1) is 0 Å². The molecule has 0 saturated heterocycles. The number of carbonyl (C=O) groups is 1. The van der Waals surface area contributed by atoms with E-state index in [1.165, 1.54) is 11.6 Å². The molecular formula is C25H20N2O. The zero-order chi connectivity index (χ0) is 19.2. The molecule has 0 bridgehead atoms. The van der Waals surface area contributed by atoms with E-state index < -0.39 is 0 Å². The van der Waals surface area contributed by atoms with Gasteiger partial charge in [0.1, 0.15) is 12.1 Å². The first-order chi connectivity index (χ1) is 13.9. The second kappa shape index (κ2) is 8.31. The number of benzene rings is 3. The third-order valence-electron chi connectivity index (χ3n) is 4.60. The van der Waals surface area contributed by atoms with E-state index in [2.05, 4.69) is 41.0 Å². The number of rotatable bonds is 6. The Morgan fingerprint density at radius 1 is 0.750 bits per heavy atom. The number of hydrogen-bond donors (Lipinski definition) is 0. The number of allylic oxidation sites excluding steroid dienone is 1. The molecular weight excluding hydrogens is 344 g/mol. The third-order valence-corrected chi connectivity index (χ3v) is 4.60. The van der Waals surface area contributed by atoms with Crippen molar-refractivity contribution in [1.82, 2.24) is 9.55 Å². The summed E-state index contributed by atoms with van der Waals surface area (Å²) in [6.07, 6.45) is 4.05. The van der Waals surface area contributed by atoms with E-state index in [0.29, 0.717) is 6.54 Å². The van der Waals surface area contributed by atoms with Crippen molar-refractivity contribution < 1.29 is 4.79 Å². The highest BCUT2D eigenvalue weighted by atomic mass is 16.1. The summed E-state index contributed by atoms with van der Waals surface area (Å²) >= 11 is 0. The fraction of sp³-hybridized carbons (Fsp3) is 0.0400. The minimum Gasteiger partial charge on any atom is -0.319 e. The quantitative estimate of drug-likeness (QED) is 0.335. The van der Waals surface area contributed by atoms with Crippen molar-refractivity contribution in [2.75, 3.05) is 0 Å². The van der Waals surface area contributed by atoms with Crippen molar-refractivity contribution in [3.05, 3.63) is 108 Å². The number of aromatic nitrogens is 2. The van der Waals surface area contributed by atoms with Crippen LogP contribution in [-0.2, 0) is 11.3 Å². The Bertz CT molecular complexity index is 1080. The summed E-state index contributed by atoms with van der Waals surface area (Å²) in [5, 5.41) is 0. The monoisotopic (exact) mass is 364 g/mol. The number of aldehydes is 1. The number of imidazole rings is 1. The van der Waals surface area contributed by atoms with Gasteiger partial charge in [-0.05, 0) is 17.7 Å². The Kier molecular flexibility index (Phi) is 5.25. The predicted molar refractivity (Wildman–Crippen MR) is 114 cm³/mol. The van der Waals surface area contributed by atoms with Gasteiger partial charge in [-0.2, -0.15) is 0 Å². The van der Waals surface area contributed by atoms with Crippen molar-refractivity contribution >= 4 is 12.4 Å². The maximum Gasteiger partial charge on any atom is 0.142 e.